The number of thioether (sulfide) groups is 1. The summed E-state index contributed by atoms with van der Waals surface area (Å²) in [5, 5.41) is 6.18. The second-order valence-electron chi connectivity index (χ2n) is 4.27. The van der Waals surface area contributed by atoms with Crippen LogP contribution >= 0.6 is 11.8 Å². The zero-order valence-electron chi connectivity index (χ0n) is 10.1. The molecule has 1 aliphatic heterocycles. The van der Waals surface area contributed by atoms with Gasteiger partial charge in [0.1, 0.15) is 0 Å². The molecular weight excluding hydrogens is 250 g/mol. The fourth-order valence-electron chi connectivity index (χ4n) is 1.80. The lowest BCUT2D eigenvalue weighted by molar-refractivity contribution is -0.121. The van der Waals surface area contributed by atoms with E-state index >= 15 is 0 Å². The highest BCUT2D eigenvalue weighted by Crippen LogP contribution is 2.10. The van der Waals surface area contributed by atoms with Crippen molar-refractivity contribution in [2.75, 3.05) is 18.1 Å². The Balaban J connectivity index is 1.74. The molecule has 1 amide bonds. The summed E-state index contributed by atoms with van der Waals surface area (Å²) in [5.41, 5.74) is 0.766. The molecule has 1 unspecified atom stereocenters. The van der Waals surface area contributed by atoms with Gasteiger partial charge in [-0.15, -0.1) is 0 Å². The lowest BCUT2D eigenvalue weighted by Crippen LogP contribution is -2.41. The van der Waals surface area contributed by atoms with E-state index in [1.54, 1.807) is 12.3 Å². The lowest BCUT2D eigenvalue weighted by atomic mass is 10.2. The van der Waals surface area contributed by atoms with Crippen LogP contribution in [0.15, 0.2) is 23.1 Å². The van der Waals surface area contributed by atoms with Gasteiger partial charge >= 0.3 is 0 Å². The van der Waals surface area contributed by atoms with Crippen molar-refractivity contribution in [1.29, 1.82) is 0 Å². The molecule has 0 radical (unpaired) electrons. The highest BCUT2D eigenvalue weighted by Gasteiger charge is 2.16. The van der Waals surface area contributed by atoms with Crippen molar-refractivity contribution in [3.05, 3.63) is 34.2 Å². The first kappa shape index (κ1) is 13.2. The van der Waals surface area contributed by atoms with Gasteiger partial charge in [-0.3, -0.25) is 9.59 Å². The summed E-state index contributed by atoms with van der Waals surface area (Å²) < 4.78 is 0. The summed E-state index contributed by atoms with van der Waals surface area (Å²) in [6, 6.07) is 3.45. The van der Waals surface area contributed by atoms with Gasteiger partial charge in [0.05, 0.1) is 0 Å². The Morgan fingerprint density at radius 3 is 3.06 bits per heavy atom. The van der Waals surface area contributed by atoms with Crippen molar-refractivity contribution in [1.82, 2.24) is 15.6 Å². The highest BCUT2D eigenvalue weighted by atomic mass is 32.2. The maximum atomic E-state index is 11.7. The number of carbonyl (C=O) groups excluding carboxylic acids is 1. The second kappa shape index (κ2) is 6.61. The number of rotatable bonds is 4. The quantitative estimate of drug-likeness (QED) is 0.722. The number of hydrogen-bond acceptors (Lipinski definition) is 4. The van der Waals surface area contributed by atoms with E-state index < -0.39 is 0 Å². The molecule has 1 fully saturated rings. The fraction of sp³-hybridized carbons (Fsp3) is 0.500. The fourth-order valence-corrected chi connectivity index (χ4v) is 2.75. The summed E-state index contributed by atoms with van der Waals surface area (Å²) in [7, 11) is 0. The summed E-state index contributed by atoms with van der Waals surface area (Å²) >= 11 is 1.88. The first-order valence-corrected chi connectivity index (χ1v) is 7.15. The molecule has 0 saturated carbocycles. The predicted octanol–water partition coefficient (Wildman–Crippen LogP) is 0.0862. The molecule has 2 rings (SSSR count). The molecule has 2 heterocycles. The van der Waals surface area contributed by atoms with E-state index in [1.807, 2.05) is 11.8 Å². The molecule has 1 saturated heterocycles. The SMILES string of the molecule is O=C(CC1CSCCN1)NCc1ccc(=O)[nH]c1. The Kier molecular flexibility index (Phi) is 4.83. The summed E-state index contributed by atoms with van der Waals surface area (Å²) in [4.78, 5) is 25.2. The Hall–Kier alpha value is -1.27. The van der Waals surface area contributed by atoms with Crippen LogP contribution in [0.25, 0.3) is 0 Å². The smallest absolute Gasteiger partial charge is 0.247 e. The third-order valence-corrected chi connectivity index (χ3v) is 3.90. The summed E-state index contributed by atoms with van der Waals surface area (Å²) in [6.45, 7) is 1.43. The molecule has 5 nitrogen and oxygen atoms in total. The molecule has 3 N–H and O–H groups in total. The number of pyridine rings is 1. The minimum atomic E-state index is -0.131. The number of hydrogen-bond donors (Lipinski definition) is 3. The van der Waals surface area contributed by atoms with E-state index in [-0.39, 0.29) is 17.5 Å². The zero-order valence-corrected chi connectivity index (χ0v) is 10.9. The van der Waals surface area contributed by atoms with Crippen LogP contribution in [0.3, 0.4) is 0 Å². The predicted molar refractivity (Wildman–Crippen MR) is 72.6 cm³/mol. The lowest BCUT2D eigenvalue weighted by Gasteiger charge is -2.22. The third kappa shape index (κ3) is 4.19. The molecule has 1 aliphatic rings. The molecule has 1 aromatic rings. The Morgan fingerprint density at radius 1 is 1.50 bits per heavy atom. The normalized spacial score (nSPS) is 19.4. The minimum Gasteiger partial charge on any atom is -0.352 e. The van der Waals surface area contributed by atoms with E-state index in [4.69, 9.17) is 0 Å². The van der Waals surface area contributed by atoms with Gasteiger partial charge < -0.3 is 15.6 Å². The summed E-state index contributed by atoms with van der Waals surface area (Å²) in [6.07, 6.45) is 2.13. The maximum Gasteiger partial charge on any atom is 0.247 e. The number of aromatic nitrogens is 1. The number of carbonyl (C=O) groups is 1. The average molecular weight is 267 g/mol. The van der Waals surface area contributed by atoms with Gasteiger partial charge in [-0.1, -0.05) is 6.07 Å². The first-order valence-electron chi connectivity index (χ1n) is 5.99. The molecular formula is C12H17N3O2S. The van der Waals surface area contributed by atoms with Gasteiger partial charge in [0.2, 0.25) is 11.5 Å². The van der Waals surface area contributed by atoms with Gasteiger partial charge in [0.25, 0.3) is 0 Å². The zero-order chi connectivity index (χ0) is 12.8. The van der Waals surface area contributed by atoms with Crippen LogP contribution in [-0.2, 0) is 11.3 Å². The topological polar surface area (TPSA) is 74.0 Å². The molecule has 6 heteroatoms. The Bertz CT molecular complexity index is 434. The highest BCUT2D eigenvalue weighted by molar-refractivity contribution is 7.99. The molecule has 18 heavy (non-hydrogen) atoms. The molecule has 0 aromatic carbocycles. The van der Waals surface area contributed by atoms with E-state index in [2.05, 4.69) is 15.6 Å². The molecule has 1 aromatic heterocycles. The van der Waals surface area contributed by atoms with Crippen LogP contribution in [0.4, 0.5) is 0 Å². The van der Waals surface area contributed by atoms with Gasteiger partial charge in [-0.25, -0.2) is 0 Å². The molecule has 98 valence electrons. The number of nitrogens with one attached hydrogen (secondary N) is 3. The van der Waals surface area contributed by atoms with Crippen molar-refractivity contribution >= 4 is 17.7 Å². The Labute approximate surface area is 110 Å². The Morgan fingerprint density at radius 2 is 2.39 bits per heavy atom. The van der Waals surface area contributed by atoms with Crippen LogP contribution in [0.5, 0.6) is 0 Å². The number of H-pyrrole nitrogens is 1. The maximum absolute atomic E-state index is 11.7. The van der Waals surface area contributed by atoms with Crippen LogP contribution < -0.4 is 16.2 Å². The van der Waals surface area contributed by atoms with Crippen molar-refractivity contribution in [2.24, 2.45) is 0 Å². The largest absolute Gasteiger partial charge is 0.352 e. The van der Waals surface area contributed by atoms with Crippen molar-refractivity contribution in [2.45, 2.75) is 19.0 Å². The number of amides is 1. The molecule has 1 atom stereocenters. The molecule has 0 bridgehead atoms. The van der Waals surface area contributed by atoms with Crippen molar-refractivity contribution in [3.8, 4) is 0 Å². The second-order valence-corrected chi connectivity index (χ2v) is 5.42. The standard InChI is InChI=1S/C12H17N3O2S/c16-11-2-1-9(6-14-11)7-15-12(17)5-10-8-18-4-3-13-10/h1-2,6,10,13H,3-5,7-8H2,(H,14,16)(H,15,17). The molecule has 0 aliphatic carbocycles. The van der Waals surface area contributed by atoms with Gasteiger partial charge in [-0.05, 0) is 5.56 Å². The van der Waals surface area contributed by atoms with Crippen LogP contribution in [0, 0.1) is 0 Å². The van der Waals surface area contributed by atoms with Crippen LogP contribution in [0.2, 0.25) is 0 Å². The van der Waals surface area contributed by atoms with Crippen LogP contribution in [0.1, 0.15) is 12.0 Å². The van der Waals surface area contributed by atoms with Gasteiger partial charge in [0, 0.05) is 49.3 Å². The monoisotopic (exact) mass is 267 g/mol. The van der Waals surface area contributed by atoms with Crippen molar-refractivity contribution in [3.63, 3.8) is 0 Å². The van der Waals surface area contributed by atoms with E-state index in [9.17, 15) is 9.59 Å². The van der Waals surface area contributed by atoms with Gasteiger partial charge in [0.15, 0.2) is 0 Å². The molecule has 0 spiro atoms. The minimum absolute atomic E-state index is 0.0428. The van der Waals surface area contributed by atoms with E-state index in [1.165, 1.54) is 6.07 Å². The van der Waals surface area contributed by atoms with Crippen molar-refractivity contribution < 1.29 is 4.79 Å². The summed E-state index contributed by atoms with van der Waals surface area (Å²) in [5.74, 6) is 2.16. The first-order chi connectivity index (χ1) is 8.74. The van der Waals surface area contributed by atoms with E-state index in [0.29, 0.717) is 13.0 Å². The number of aromatic amines is 1. The average Bonchev–Trinajstić information content (AvgIpc) is 2.39. The van der Waals surface area contributed by atoms with Gasteiger partial charge in [-0.2, -0.15) is 11.8 Å². The third-order valence-electron chi connectivity index (χ3n) is 2.77. The van der Waals surface area contributed by atoms with E-state index in [0.717, 1.165) is 23.6 Å². The van der Waals surface area contributed by atoms with Crippen LogP contribution in [-0.4, -0.2) is 35.0 Å².